The predicted octanol–water partition coefficient (Wildman–Crippen LogP) is 1.78. The molecule has 2 aromatic heterocycles. The van der Waals surface area contributed by atoms with Gasteiger partial charge in [0, 0.05) is 19.1 Å². The molecule has 0 spiro atoms. The molecule has 130 valence electrons. The number of ether oxygens (including phenoxy) is 1. The van der Waals surface area contributed by atoms with Gasteiger partial charge in [0.05, 0.1) is 0 Å². The molecule has 1 N–H and O–H groups in total. The van der Waals surface area contributed by atoms with Crippen LogP contribution in [0, 0.1) is 12.8 Å². The van der Waals surface area contributed by atoms with Crippen LogP contribution in [0.3, 0.4) is 0 Å². The summed E-state index contributed by atoms with van der Waals surface area (Å²) < 4.78 is 15.4. The Kier molecular flexibility index (Phi) is 4.89. The number of carbonyl (C=O) groups is 1. The van der Waals surface area contributed by atoms with E-state index in [1.165, 1.54) is 0 Å². The smallest absolute Gasteiger partial charge is 0.276 e. The van der Waals surface area contributed by atoms with Crippen LogP contribution in [0.5, 0.6) is 0 Å². The van der Waals surface area contributed by atoms with Crippen molar-refractivity contribution in [3.63, 3.8) is 0 Å². The van der Waals surface area contributed by atoms with Crippen molar-refractivity contribution in [2.24, 2.45) is 5.92 Å². The zero-order valence-electron chi connectivity index (χ0n) is 14.0. The molecular formula is C15H21N5O4. The maximum Gasteiger partial charge on any atom is 0.276 e. The highest BCUT2D eigenvalue weighted by atomic mass is 16.6. The van der Waals surface area contributed by atoms with E-state index >= 15 is 0 Å². The fraction of sp³-hybridized carbons (Fsp3) is 0.667. The molecule has 1 fully saturated rings. The van der Waals surface area contributed by atoms with E-state index in [0.29, 0.717) is 30.6 Å². The molecule has 1 saturated heterocycles. The van der Waals surface area contributed by atoms with Crippen LogP contribution in [0.1, 0.15) is 66.5 Å². The van der Waals surface area contributed by atoms with E-state index in [1.54, 1.807) is 6.92 Å². The average Bonchev–Trinajstić information content (AvgIpc) is 3.22. The van der Waals surface area contributed by atoms with Gasteiger partial charge in [0.15, 0.2) is 11.5 Å². The number of hydrogen-bond donors (Lipinski definition) is 1. The minimum Gasteiger partial charge on any atom is -0.381 e. The van der Waals surface area contributed by atoms with Crippen LogP contribution < -0.4 is 5.32 Å². The second-order valence-corrected chi connectivity index (χ2v) is 6.24. The van der Waals surface area contributed by atoms with Gasteiger partial charge in [0.1, 0.15) is 11.7 Å². The third-order valence-corrected chi connectivity index (χ3v) is 4.13. The third-order valence-electron chi connectivity index (χ3n) is 4.13. The minimum absolute atomic E-state index is 0.149. The van der Waals surface area contributed by atoms with Gasteiger partial charge in [0.25, 0.3) is 5.91 Å². The summed E-state index contributed by atoms with van der Waals surface area (Å²) in [6.07, 6.45) is 1.61. The van der Waals surface area contributed by atoms with E-state index in [4.69, 9.17) is 9.26 Å². The molecule has 3 heterocycles. The van der Waals surface area contributed by atoms with Gasteiger partial charge in [-0.25, -0.2) is 4.63 Å². The molecule has 2 aromatic rings. The number of amides is 1. The van der Waals surface area contributed by atoms with Gasteiger partial charge in [-0.2, -0.15) is 4.98 Å². The Bertz CT molecular complexity index is 690. The summed E-state index contributed by atoms with van der Waals surface area (Å²) in [7, 11) is 0. The lowest BCUT2D eigenvalue weighted by atomic mass is 9.91. The highest BCUT2D eigenvalue weighted by Crippen LogP contribution is 2.30. The van der Waals surface area contributed by atoms with Crippen LogP contribution in [-0.4, -0.2) is 39.6 Å². The van der Waals surface area contributed by atoms with Crippen molar-refractivity contribution in [2.75, 3.05) is 13.2 Å². The lowest BCUT2D eigenvalue weighted by molar-refractivity contribution is 0.0466. The van der Waals surface area contributed by atoms with E-state index < -0.39 is 6.04 Å². The molecule has 3 rings (SSSR count). The molecule has 0 aliphatic carbocycles. The Morgan fingerprint density at radius 2 is 1.96 bits per heavy atom. The first-order valence-corrected chi connectivity index (χ1v) is 8.07. The first-order valence-electron chi connectivity index (χ1n) is 8.07. The Labute approximate surface area is 139 Å². The van der Waals surface area contributed by atoms with E-state index in [-0.39, 0.29) is 23.4 Å². The van der Waals surface area contributed by atoms with Crippen molar-refractivity contribution in [3.8, 4) is 0 Å². The van der Waals surface area contributed by atoms with Crippen molar-refractivity contribution in [2.45, 2.75) is 45.6 Å². The highest BCUT2D eigenvalue weighted by molar-refractivity contribution is 5.93. The number of carbonyl (C=O) groups excluding carboxylic acids is 1. The Morgan fingerprint density at radius 1 is 1.21 bits per heavy atom. The van der Waals surface area contributed by atoms with Crippen molar-refractivity contribution in [3.05, 3.63) is 23.1 Å². The van der Waals surface area contributed by atoms with Crippen molar-refractivity contribution >= 4 is 5.91 Å². The lowest BCUT2D eigenvalue weighted by Crippen LogP contribution is -2.36. The molecule has 0 aromatic carbocycles. The number of aromatic nitrogens is 4. The van der Waals surface area contributed by atoms with E-state index in [0.717, 1.165) is 12.8 Å². The van der Waals surface area contributed by atoms with Crippen molar-refractivity contribution < 1.29 is 18.7 Å². The molecule has 0 radical (unpaired) electrons. The number of aryl methyl sites for hydroxylation is 1. The van der Waals surface area contributed by atoms with Gasteiger partial charge in [0.2, 0.25) is 5.89 Å². The minimum atomic E-state index is -0.391. The maximum atomic E-state index is 12.5. The zero-order chi connectivity index (χ0) is 17.1. The number of rotatable bonds is 5. The summed E-state index contributed by atoms with van der Waals surface area (Å²) in [6.45, 7) is 6.93. The molecule has 0 unspecified atom stereocenters. The molecule has 9 nitrogen and oxygen atoms in total. The Hall–Kier alpha value is -2.29. The topological polar surface area (TPSA) is 116 Å². The molecule has 0 bridgehead atoms. The number of nitrogens with one attached hydrogen (secondary N) is 1. The second-order valence-electron chi connectivity index (χ2n) is 6.24. The van der Waals surface area contributed by atoms with Crippen LogP contribution in [0.2, 0.25) is 0 Å². The van der Waals surface area contributed by atoms with Crippen LogP contribution >= 0.6 is 0 Å². The van der Waals surface area contributed by atoms with Gasteiger partial charge in [-0.3, -0.25) is 4.79 Å². The van der Waals surface area contributed by atoms with Crippen LogP contribution in [0.25, 0.3) is 0 Å². The Balaban J connectivity index is 1.83. The molecule has 1 atom stereocenters. The zero-order valence-corrected chi connectivity index (χ0v) is 14.0. The summed E-state index contributed by atoms with van der Waals surface area (Å²) in [4.78, 5) is 16.9. The highest BCUT2D eigenvalue weighted by Gasteiger charge is 2.33. The van der Waals surface area contributed by atoms with Gasteiger partial charge in [-0.15, -0.1) is 0 Å². The maximum absolute atomic E-state index is 12.5. The molecule has 0 saturated carbocycles. The van der Waals surface area contributed by atoms with Crippen LogP contribution in [-0.2, 0) is 4.74 Å². The number of nitrogens with zero attached hydrogens (tertiary/aromatic N) is 4. The summed E-state index contributed by atoms with van der Waals surface area (Å²) >= 11 is 0. The first-order chi connectivity index (χ1) is 11.6. The lowest BCUT2D eigenvalue weighted by Gasteiger charge is -2.28. The fourth-order valence-electron chi connectivity index (χ4n) is 2.69. The van der Waals surface area contributed by atoms with Crippen LogP contribution in [0.15, 0.2) is 9.15 Å². The fourth-order valence-corrected chi connectivity index (χ4v) is 2.69. The SMILES string of the molecule is Cc1nonc1C(=O)N[C@@H](c1nc(C(C)C)no1)C1CCOCC1. The number of hydrogen-bond acceptors (Lipinski definition) is 8. The van der Waals surface area contributed by atoms with Crippen LogP contribution in [0.4, 0.5) is 0 Å². The molecule has 1 amide bonds. The van der Waals surface area contributed by atoms with Gasteiger partial charge >= 0.3 is 0 Å². The van der Waals surface area contributed by atoms with E-state index in [9.17, 15) is 4.79 Å². The standard InChI is InChI=1S/C15H21N5O4/c1-8(2)13-17-15(23-20-13)12(10-4-6-22-7-5-10)16-14(21)11-9(3)18-24-19-11/h8,10,12H,4-7H2,1-3H3,(H,16,21)/t12-/m1/s1. The third kappa shape index (κ3) is 3.45. The predicted molar refractivity (Wildman–Crippen MR) is 81.2 cm³/mol. The van der Waals surface area contributed by atoms with Gasteiger partial charge in [-0.05, 0) is 30.8 Å². The largest absolute Gasteiger partial charge is 0.381 e. The summed E-state index contributed by atoms with van der Waals surface area (Å²) in [5.74, 6) is 0.969. The van der Waals surface area contributed by atoms with Crippen molar-refractivity contribution in [1.82, 2.24) is 25.8 Å². The molecule has 1 aliphatic rings. The quantitative estimate of drug-likeness (QED) is 0.879. The van der Waals surface area contributed by atoms with Gasteiger partial charge < -0.3 is 14.6 Å². The molecular weight excluding hydrogens is 314 g/mol. The second kappa shape index (κ2) is 7.08. The summed E-state index contributed by atoms with van der Waals surface area (Å²) in [6, 6.07) is -0.391. The average molecular weight is 335 g/mol. The molecule has 9 heteroatoms. The Morgan fingerprint density at radius 3 is 2.54 bits per heavy atom. The van der Waals surface area contributed by atoms with Gasteiger partial charge in [-0.1, -0.05) is 24.2 Å². The van der Waals surface area contributed by atoms with E-state index in [1.807, 2.05) is 13.8 Å². The van der Waals surface area contributed by atoms with E-state index in [2.05, 4.69) is 30.4 Å². The molecule has 1 aliphatic heterocycles. The van der Waals surface area contributed by atoms with Crippen molar-refractivity contribution in [1.29, 1.82) is 0 Å². The summed E-state index contributed by atoms with van der Waals surface area (Å²) in [5.41, 5.74) is 0.599. The monoisotopic (exact) mass is 335 g/mol. The molecule has 24 heavy (non-hydrogen) atoms. The normalized spacial score (nSPS) is 17.2. The summed E-state index contributed by atoms with van der Waals surface area (Å²) in [5, 5.41) is 14.2. The first kappa shape index (κ1) is 16.6.